The lowest BCUT2D eigenvalue weighted by Crippen LogP contribution is -2.32. The number of pyridine rings is 1. The number of carbonyl (C=O) groups excluding carboxylic acids is 1. The van der Waals surface area contributed by atoms with Crippen LogP contribution in [0.3, 0.4) is 0 Å². The summed E-state index contributed by atoms with van der Waals surface area (Å²) in [4.78, 5) is 18.4. The highest BCUT2D eigenvalue weighted by Crippen LogP contribution is 2.34. The van der Waals surface area contributed by atoms with Crippen LogP contribution in [0.4, 0.5) is 18.9 Å². The standard InChI is InChI=1S/C23H18F3N3O/c1-15-11-17(13-18(12-15)23(24,25)26)22(30)29(10-8-27)21-14-28-9-7-20(21)19-6-4-3-5-16(19)2/h3-7,9,11-14H,10H2,1-2H3. The van der Waals surface area contributed by atoms with Crippen molar-refractivity contribution in [3.05, 3.63) is 83.2 Å². The number of aryl methyl sites for hydroxylation is 2. The van der Waals surface area contributed by atoms with Crippen LogP contribution in [0.15, 0.2) is 60.9 Å². The summed E-state index contributed by atoms with van der Waals surface area (Å²) in [6.45, 7) is 3.06. The highest BCUT2D eigenvalue weighted by Gasteiger charge is 2.32. The molecule has 0 fully saturated rings. The number of halogens is 3. The lowest BCUT2D eigenvalue weighted by molar-refractivity contribution is -0.137. The highest BCUT2D eigenvalue weighted by molar-refractivity contribution is 6.08. The van der Waals surface area contributed by atoms with E-state index in [1.165, 1.54) is 19.2 Å². The Morgan fingerprint density at radius 2 is 1.83 bits per heavy atom. The van der Waals surface area contributed by atoms with Gasteiger partial charge in [0.25, 0.3) is 5.91 Å². The van der Waals surface area contributed by atoms with E-state index >= 15 is 0 Å². The van der Waals surface area contributed by atoms with Crippen molar-refractivity contribution in [1.82, 2.24) is 4.98 Å². The van der Waals surface area contributed by atoms with Crippen molar-refractivity contribution >= 4 is 11.6 Å². The molecule has 0 radical (unpaired) electrons. The fraction of sp³-hybridized carbons (Fsp3) is 0.174. The van der Waals surface area contributed by atoms with E-state index in [0.717, 1.165) is 28.2 Å². The minimum atomic E-state index is -4.58. The molecule has 0 bridgehead atoms. The molecule has 0 aliphatic heterocycles. The Bertz CT molecular complexity index is 1130. The zero-order valence-electron chi connectivity index (χ0n) is 16.4. The molecule has 1 heterocycles. The molecule has 0 saturated heterocycles. The van der Waals surface area contributed by atoms with Gasteiger partial charge in [0.1, 0.15) is 6.54 Å². The maximum absolute atomic E-state index is 13.2. The van der Waals surface area contributed by atoms with Crippen molar-refractivity contribution in [2.24, 2.45) is 0 Å². The topological polar surface area (TPSA) is 57.0 Å². The number of benzene rings is 2. The van der Waals surface area contributed by atoms with Crippen LogP contribution in [0.25, 0.3) is 11.1 Å². The van der Waals surface area contributed by atoms with Gasteiger partial charge in [-0.15, -0.1) is 0 Å². The summed E-state index contributed by atoms with van der Waals surface area (Å²) >= 11 is 0. The number of rotatable bonds is 4. The Labute approximate surface area is 172 Å². The number of nitrogens with zero attached hydrogens (tertiary/aromatic N) is 3. The average Bonchev–Trinajstić information content (AvgIpc) is 2.71. The Balaban J connectivity index is 2.13. The summed E-state index contributed by atoms with van der Waals surface area (Å²) in [5, 5.41) is 9.30. The molecule has 0 atom stereocenters. The number of anilines is 1. The van der Waals surface area contributed by atoms with E-state index in [2.05, 4.69) is 4.98 Å². The fourth-order valence-corrected chi connectivity index (χ4v) is 3.27. The molecule has 1 aromatic heterocycles. The summed E-state index contributed by atoms with van der Waals surface area (Å²) < 4.78 is 39.7. The minimum absolute atomic E-state index is 0.142. The third kappa shape index (κ3) is 4.33. The first-order chi connectivity index (χ1) is 14.2. The van der Waals surface area contributed by atoms with Crippen molar-refractivity contribution in [2.45, 2.75) is 20.0 Å². The summed E-state index contributed by atoms with van der Waals surface area (Å²) in [6, 6.07) is 14.3. The van der Waals surface area contributed by atoms with Gasteiger partial charge in [-0.05, 0) is 54.8 Å². The summed E-state index contributed by atoms with van der Waals surface area (Å²) in [6.07, 6.45) is -1.58. The normalized spacial score (nSPS) is 11.1. The summed E-state index contributed by atoms with van der Waals surface area (Å²) in [7, 11) is 0. The van der Waals surface area contributed by atoms with Crippen LogP contribution < -0.4 is 4.90 Å². The predicted molar refractivity (Wildman–Crippen MR) is 108 cm³/mol. The number of alkyl halides is 3. The van der Waals surface area contributed by atoms with Gasteiger partial charge in [-0.25, -0.2) is 0 Å². The molecular weight excluding hydrogens is 391 g/mol. The zero-order chi connectivity index (χ0) is 21.9. The molecule has 2 aromatic carbocycles. The molecule has 1 amide bonds. The van der Waals surface area contributed by atoms with Gasteiger partial charge in [-0.1, -0.05) is 24.3 Å². The van der Waals surface area contributed by atoms with E-state index in [1.807, 2.05) is 37.3 Å². The first-order valence-electron chi connectivity index (χ1n) is 9.10. The Morgan fingerprint density at radius 3 is 2.50 bits per heavy atom. The second-order valence-corrected chi connectivity index (χ2v) is 6.84. The van der Waals surface area contributed by atoms with Crippen molar-refractivity contribution in [3.8, 4) is 17.2 Å². The van der Waals surface area contributed by atoms with Crippen LogP contribution in [-0.2, 0) is 6.18 Å². The van der Waals surface area contributed by atoms with Gasteiger partial charge in [-0.2, -0.15) is 18.4 Å². The first-order valence-corrected chi connectivity index (χ1v) is 9.10. The van der Waals surface area contributed by atoms with Gasteiger partial charge in [0.2, 0.25) is 0 Å². The molecule has 30 heavy (non-hydrogen) atoms. The smallest absolute Gasteiger partial charge is 0.292 e. The molecule has 4 nitrogen and oxygen atoms in total. The van der Waals surface area contributed by atoms with Gasteiger partial charge in [-0.3, -0.25) is 14.7 Å². The molecule has 152 valence electrons. The monoisotopic (exact) mass is 409 g/mol. The zero-order valence-corrected chi connectivity index (χ0v) is 16.4. The van der Waals surface area contributed by atoms with Crippen LogP contribution in [0.1, 0.15) is 27.0 Å². The van der Waals surface area contributed by atoms with E-state index in [4.69, 9.17) is 0 Å². The van der Waals surface area contributed by atoms with Crippen LogP contribution >= 0.6 is 0 Å². The van der Waals surface area contributed by atoms with Gasteiger partial charge in [0.05, 0.1) is 23.5 Å². The second-order valence-electron chi connectivity index (χ2n) is 6.84. The lowest BCUT2D eigenvalue weighted by atomic mass is 9.99. The van der Waals surface area contributed by atoms with Gasteiger partial charge >= 0.3 is 6.18 Å². The number of nitriles is 1. The van der Waals surface area contributed by atoms with Crippen molar-refractivity contribution < 1.29 is 18.0 Å². The van der Waals surface area contributed by atoms with Crippen molar-refractivity contribution in [1.29, 1.82) is 5.26 Å². The molecule has 7 heteroatoms. The van der Waals surface area contributed by atoms with E-state index in [1.54, 1.807) is 12.3 Å². The molecule has 0 aliphatic carbocycles. The van der Waals surface area contributed by atoms with Crippen molar-refractivity contribution in [3.63, 3.8) is 0 Å². The molecule has 3 rings (SSSR count). The largest absolute Gasteiger partial charge is 0.416 e. The second kappa shape index (κ2) is 8.37. The maximum atomic E-state index is 13.2. The van der Waals surface area contributed by atoms with Crippen molar-refractivity contribution in [2.75, 3.05) is 11.4 Å². The third-order valence-corrected chi connectivity index (χ3v) is 4.65. The lowest BCUT2D eigenvalue weighted by Gasteiger charge is -2.23. The van der Waals surface area contributed by atoms with Gasteiger partial charge in [0.15, 0.2) is 0 Å². The number of hydrogen-bond donors (Lipinski definition) is 0. The molecule has 0 N–H and O–H groups in total. The van der Waals surface area contributed by atoms with E-state index in [-0.39, 0.29) is 12.1 Å². The average molecular weight is 409 g/mol. The molecule has 0 unspecified atom stereocenters. The Morgan fingerprint density at radius 1 is 1.10 bits per heavy atom. The van der Waals surface area contributed by atoms with Crippen LogP contribution in [0, 0.1) is 25.2 Å². The van der Waals surface area contributed by atoms with E-state index in [9.17, 15) is 23.2 Å². The van der Waals surface area contributed by atoms with Gasteiger partial charge in [0, 0.05) is 17.3 Å². The number of carbonyl (C=O) groups is 1. The summed E-state index contributed by atoms with van der Waals surface area (Å²) in [5.74, 6) is -0.700. The maximum Gasteiger partial charge on any atom is 0.416 e. The molecular formula is C23H18F3N3O. The SMILES string of the molecule is Cc1cc(C(=O)N(CC#N)c2cnccc2-c2ccccc2C)cc(C(F)(F)F)c1. The fourth-order valence-electron chi connectivity index (χ4n) is 3.27. The highest BCUT2D eigenvalue weighted by atomic mass is 19.4. The van der Waals surface area contributed by atoms with Crippen LogP contribution in [-0.4, -0.2) is 17.4 Å². The third-order valence-electron chi connectivity index (χ3n) is 4.65. The Kier molecular flexibility index (Phi) is 5.88. The minimum Gasteiger partial charge on any atom is -0.292 e. The molecule has 0 saturated carbocycles. The Hall–Kier alpha value is -3.66. The number of aromatic nitrogens is 1. The van der Waals surface area contributed by atoms with E-state index < -0.39 is 17.6 Å². The van der Waals surface area contributed by atoms with E-state index in [0.29, 0.717) is 16.8 Å². The molecule has 3 aromatic rings. The number of hydrogen-bond acceptors (Lipinski definition) is 3. The summed E-state index contributed by atoms with van der Waals surface area (Å²) in [5.41, 5.74) is 2.06. The van der Waals surface area contributed by atoms with Gasteiger partial charge < -0.3 is 0 Å². The van der Waals surface area contributed by atoms with Crippen LogP contribution in [0.2, 0.25) is 0 Å². The quantitative estimate of drug-likeness (QED) is 0.531. The van der Waals surface area contributed by atoms with Crippen LogP contribution in [0.5, 0.6) is 0 Å². The first kappa shape index (κ1) is 21.1. The number of amides is 1. The predicted octanol–water partition coefficient (Wildman–Crippen LogP) is 5.55. The molecule has 0 spiro atoms. The molecule has 0 aliphatic rings.